The molecule has 28 heavy (non-hydrogen) atoms. The molecule has 1 aliphatic carbocycles. The summed E-state index contributed by atoms with van der Waals surface area (Å²) in [4.78, 5) is 15.2. The summed E-state index contributed by atoms with van der Waals surface area (Å²) in [5.41, 5.74) is 6.40. The van der Waals surface area contributed by atoms with E-state index < -0.39 is 0 Å². The fourth-order valence-corrected chi connectivity index (χ4v) is 4.81. The molecular formula is C24H25N3O. The second-order valence-electron chi connectivity index (χ2n) is 8.06. The molecule has 4 nitrogen and oxygen atoms in total. The maximum absolute atomic E-state index is 12.9. The number of fused-ring (bicyclic) bond motifs is 2. The number of likely N-dealkylation sites (N-methyl/N-ethyl adjacent to an activating group) is 1. The zero-order valence-electron chi connectivity index (χ0n) is 16.4. The van der Waals surface area contributed by atoms with Crippen LogP contribution in [0.1, 0.15) is 16.7 Å². The van der Waals surface area contributed by atoms with Crippen molar-refractivity contribution in [3.8, 4) is 0 Å². The quantitative estimate of drug-likeness (QED) is 0.767. The molecule has 2 aliphatic rings. The molecule has 0 spiro atoms. The van der Waals surface area contributed by atoms with E-state index in [0.29, 0.717) is 12.6 Å². The van der Waals surface area contributed by atoms with Crippen molar-refractivity contribution in [1.29, 1.82) is 0 Å². The highest BCUT2D eigenvalue weighted by molar-refractivity contribution is 5.99. The Hall–Kier alpha value is -2.85. The van der Waals surface area contributed by atoms with Crippen LogP contribution in [0.15, 0.2) is 60.8 Å². The van der Waals surface area contributed by atoms with Crippen LogP contribution in [0.25, 0.3) is 16.5 Å². The van der Waals surface area contributed by atoms with Crippen LogP contribution in [-0.2, 0) is 24.8 Å². The molecule has 1 amide bonds. The van der Waals surface area contributed by atoms with Gasteiger partial charge >= 0.3 is 0 Å². The Labute approximate surface area is 165 Å². The number of aryl methyl sites for hydroxylation is 1. The molecule has 142 valence electrons. The lowest BCUT2D eigenvalue weighted by molar-refractivity contribution is -0.124. The minimum atomic E-state index is -0.125. The fourth-order valence-electron chi connectivity index (χ4n) is 4.81. The predicted octanol–water partition coefficient (Wildman–Crippen LogP) is 3.36. The van der Waals surface area contributed by atoms with E-state index in [-0.39, 0.29) is 11.8 Å². The van der Waals surface area contributed by atoms with Gasteiger partial charge in [-0.25, -0.2) is 0 Å². The minimum absolute atomic E-state index is 0.104. The van der Waals surface area contributed by atoms with Gasteiger partial charge in [0.05, 0.1) is 5.92 Å². The van der Waals surface area contributed by atoms with Crippen LogP contribution in [0.2, 0.25) is 0 Å². The first-order valence-electron chi connectivity index (χ1n) is 9.92. The Bertz CT molecular complexity index is 1080. The van der Waals surface area contributed by atoms with Crippen molar-refractivity contribution < 1.29 is 4.79 Å². The van der Waals surface area contributed by atoms with Gasteiger partial charge in [0.2, 0.25) is 5.91 Å². The maximum Gasteiger partial charge on any atom is 0.228 e. The molecule has 2 aromatic carbocycles. The lowest BCUT2D eigenvalue weighted by atomic mass is 9.80. The second-order valence-corrected chi connectivity index (χ2v) is 8.06. The number of rotatable bonds is 3. The van der Waals surface area contributed by atoms with Crippen molar-refractivity contribution in [3.05, 3.63) is 77.5 Å². The van der Waals surface area contributed by atoms with E-state index in [1.165, 1.54) is 27.6 Å². The number of carbonyl (C=O) groups is 1. The highest BCUT2D eigenvalue weighted by Crippen LogP contribution is 2.41. The summed E-state index contributed by atoms with van der Waals surface area (Å²) in [5.74, 6) is -0.0202. The van der Waals surface area contributed by atoms with Crippen molar-refractivity contribution in [2.24, 2.45) is 13.0 Å². The fraction of sp³-hybridized carbons (Fsp3) is 0.292. The van der Waals surface area contributed by atoms with Crippen LogP contribution in [0.4, 0.5) is 0 Å². The Morgan fingerprint density at radius 3 is 2.75 bits per heavy atom. The predicted molar refractivity (Wildman–Crippen MR) is 113 cm³/mol. The normalized spacial score (nSPS) is 21.3. The van der Waals surface area contributed by atoms with E-state index in [2.05, 4.69) is 59.4 Å². The topological polar surface area (TPSA) is 37.3 Å². The van der Waals surface area contributed by atoms with Gasteiger partial charge in [0.25, 0.3) is 0 Å². The van der Waals surface area contributed by atoms with Gasteiger partial charge in [-0.15, -0.1) is 0 Å². The zero-order valence-corrected chi connectivity index (χ0v) is 16.4. The first kappa shape index (κ1) is 17.3. The Kier molecular flexibility index (Phi) is 4.09. The largest absolute Gasteiger partial charge is 0.351 e. The summed E-state index contributed by atoms with van der Waals surface area (Å²) >= 11 is 0. The molecule has 3 aromatic rings. The first-order valence-corrected chi connectivity index (χ1v) is 9.92. The summed E-state index contributed by atoms with van der Waals surface area (Å²) in [6, 6.07) is 16.9. The third-order valence-electron chi connectivity index (χ3n) is 6.22. The van der Waals surface area contributed by atoms with Gasteiger partial charge < -0.3 is 9.88 Å². The van der Waals surface area contributed by atoms with Crippen LogP contribution < -0.4 is 5.32 Å². The number of amides is 1. The second kappa shape index (κ2) is 6.64. The van der Waals surface area contributed by atoms with Gasteiger partial charge in [0, 0.05) is 43.3 Å². The van der Waals surface area contributed by atoms with Crippen molar-refractivity contribution in [3.63, 3.8) is 0 Å². The third kappa shape index (κ3) is 2.76. The summed E-state index contributed by atoms with van der Waals surface area (Å²) in [6.07, 6.45) is 5.49. The Balaban J connectivity index is 1.46. The smallest absolute Gasteiger partial charge is 0.228 e. The van der Waals surface area contributed by atoms with E-state index in [1.54, 1.807) is 0 Å². The van der Waals surface area contributed by atoms with E-state index in [1.807, 2.05) is 30.3 Å². The van der Waals surface area contributed by atoms with Crippen LogP contribution in [0.5, 0.6) is 0 Å². The van der Waals surface area contributed by atoms with Crippen molar-refractivity contribution in [2.75, 3.05) is 13.6 Å². The van der Waals surface area contributed by atoms with Gasteiger partial charge in [-0.3, -0.25) is 9.69 Å². The SMILES string of the molecule is CN1C[C@H](C(=O)NCc2ccccc2)C=C2c3cccc4c3c(cn4C)C[C@H]21. The zero-order chi connectivity index (χ0) is 19.3. The molecule has 0 radical (unpaired) electrons. The van der Waals surface area contributed by atoms with Crippen LogP contribution in [0.3, 0.4) is 0 Å². The molecule has 2 heterocycles. The van der Waals surface area contributed by atoms with Gasteiger partial charge in [0.1, 0.15) is 0 Å². The molecule has 5 rings (SSSR count). The van der Waals surface area contributed by atoms with Crippen molar-refractivity contribution >= 4 is 22.4 Å². The van der Waals surface area contributed by atoms with Gasteiger partial charge in [0.15, 0.2) is 0 Å². The molecule has 2 atom stereocenters. The average molecular weight is 371 g/mol. The number of aromatic nitrogens is 1. The first-order chi connectivity index (χ1) is 13.6. The molecule has 0 saturated carbocycles. The summed E-state index contributed by atoms with van der Waals surface area (Å²) < 4.78 is 2.22. The Morgan fingerprint density at radius 1 is 1.11 bits per heavy atom. The van der Waals surface area contributed by atoms with Crippen molar-refractivity contribution in [1.82, 2.24) is 14.8 Å². The number of nitrogens with one attached hydrogen (secondary N) is 1. The Morgan fingerprint density at radius 2 is 1.93 bits per heavy atom. The number of hydrogen-bond acceptors (Lipinski definition) is 2. The average Bonchev–Trinajstić information content (AvgIpc) is 3.04. The summed E-state index contributed by atoms with van der Waals surface area (Å²) in [7, 11) is 4.26. The number of carbonyl (C=O) groups excluding carboxylic acids is 1. The van der Waals surface area contributed by atoms with Crippen LogP contribution >= 0.6 is 0 Å². The molecule has 0 fully saturated rings. The van der Waals surface area contributed by atoms with Crippen LogP contribution in [0, 0.1) is 5.92 Å². The molecule has 1 N–H and O–H groups in total. The van der Waals surface area contributed by atoms with Gasteiger partial charge in [-0.05, 0) is 41.8 Å². The van der Waals surface area contributed by atoms with E-state index in [0.717, 1.165) is 18.5 Å². The highest BCUT2D eigenvalue weighted by Gasteiger charge is 2.35. The molecular weight excluding hydrogens is 346 g/mol. The third-order valence-corrected chi connectivity index (χ3v) is 6.22. The minimum Gasteiger partial charge on any atom is -0.351 e. The number of benzene rings is 2. The number of hydrogen-bond donors (Lipinski definition) is 1. The van der Waals surface area contributed by atoms with E-state index >= 15 is 0 Å². The van der Waals surface area contributed by atoms with Gasteiger partial charge in [-0.2, -0.15) is 0 Å². The lowest BCUT2D eigenvalue weighted by Gasteiger charge is -2.39. The van der Waals surface area contributed by atoms with Crippen LogP contribution in [-0.4, -0.2) is 35.0 Å². The van der Waals surface area contributed by atoms with E-state index in [9.17, 15) is 4.79 Å². The maximum atomic E-state index is 12.9. The van der Waals surface area contributed by atoms with E-state index in [4.69, 9.17) is 0 Å². The van der Waals surface area contributed by atoms with Gasteiger partial charge in [-0.1, -0.05) is 48.5 Å². The molecule has 0 bridgehead atoms. The molecule has 4 heteroatoms. The summed E-state index contributed by atoms with van der Waals surface area (Å²) in [5, 5.41) is 4.47. The monoisotopic (exact) mass is 371 g/mol. The lowest BCUT2D eigenvalue weighted by Crippen LogP contribution is -2.46. The molecule has 1 aromatic heterocycles. The molecule has 1 aliphatic heterocycles. The highest BCUT2D eigenvalue weighted by atomic mass is 16.1. The van der Waals surface area contributed by atoms with Crippen molar-refractivity contribution in [2.45, 2.75) is 19.0 Å². The summed E-state index contributed by atoms with van der Waals surface area (Å²) in [6.45, 7) is 1.33. The number of nitrogens with zero attached hydrogens (tertiary/aromatic N) is 2. The molecule has 0 saturated heterocycles. The standard InChI is InChI=1S/C24H25N3O/c1-26-14-17-12-22-20(19-9-6-10-21(26)23(17)19)11-18(15-27(22)2)24(28)25-13-16-7-4-3-5-8-16/h3-11,14,18,22H,12-13,15H2,1-2H3,(H,25,28)/t18-,22-/m1/s1. The molecule has 0 unspecified atom stereocenters.